The molecule has 0 heterocycles. The highest BCUT2D eigenvalue weighted by Crippen LogP contribution is 2.14. The molecule has 0 saturated carbocycles. The summed E-state index contributed by atoms with van der Waals surface area (Å²) in [4.78, 5) is 38.0. The van der Waals surface area contributed by atoms with Crippen molar-refractivity contribution in [3.63, 3.8) is 0 Å². The molecule has 0 saturated heterocycles. The maximum atomic E-state index is 13.3. The predicted molar refractivity (Wildman–Crippen MR) is 143 cm³/mol. The molecule has 0 fully saturated rings. The minimum Gasteiger partial charge on any atom is -0.348 e. The Morgan fingerprint density at radius 1 is 0.861 bits per heavy atom. The molecule has 1 aromatic rings. The van der Waals surface area contributed by atoms with Crippen molar-refractivity contribution in [3.8, 4) is 0 Å². The number of hydrogen-bond donors (Lipinski definition) is 3. The third-order valence-corrected chi connectivity index (χ3v) is 6.94. The van der Waals surface area contributed by atoms with Crippen LogP contribution >= 0.6 is 0 Å². The third kappa shape index (κ3) is 11.8. The first-order valence-corrected chi connectivity index (χ1v) is 14.3. The van der Waals surface area contributed by atoms with E-state index < -0.39 is 33.9 Å². The van der Waals surface area contributed by atoms with Crippen LogP contribution in [-0.4, -0.2) is 44.3 Å². The minimum atomic E-state index is -3.65. The van der Waals surface area contributed by atoms with Crippen molar-refractivity contribution < 1.29 is 22.8 Å². The van der Waals surface area contributed by atoms with Crippen LogP contribution in [0.25, 0.3) is 0 Å². The van der Waals surface area contributed by atoms with Crippen molar-refractivity contribution >= 4 is 27.6 Å². The molecule has 3 N–H and O–H groups in total. The van der Waals surface area contributed by atoms with Crippen LogP contribution in [0.3, 0.4) is 0 Å². The molecule has 202 valence electrons. The van der Waals surface area contributed by atoms with Gasteiger partial charge in [-0.3, -0.25) is 14.4 Å². The van der Waals surface area contributed by atoms with Gasteiger partial charge in [0, 0.05) is 18.4 Å². The van der Waals surface area contributed by atoms with E-state index in [4.69, 9.17) is 0 Å². The van der Waals surface area contributed by atoms with Gasteiger partial charge in [0.05, 0.1) is 4.90 Å². The molecule has 1 rings (SSSR count). The molecule has 3 amide bonds. The van der Waals surface area contributed by atoms with Crippen molar-refractivity contribution in [2.45, 2.75) is 96.7 Å². The van der Waals surface area contributed by atoms with E-state index in [0.29, 0.717) is 19.3 Å². The van der Waals surface area contributed by atoms with E-state index in [1.807, 2.05) is 34.6 Å². The number of carbonyl (C=O) groups excluding carboxylic acids is 3. The Bertz CT molecular complexity index is 974. The van der Waals surface area contributed by atoms with Crippen molar-refractivity contribution in [1.29, 1.82) is 0 Å². The number of carbonyl (C=O) groups is 3. The molecule has 0 radical (unpaired) electrons. The van der Waals surface area contributed by atoms with Gasteiger partial charge in [0.2, 0.25) is 17.7 Å². The molecule has 8 nitrogen and oxygen atoms in total. The summed E-state index contributed by atoms with van der Waals surface area (Å²) in [6.07, 6.45) is 4.59. The fourth-order valence-electron chi connectivity index (χ4n) is 3.73. The Labute approximate surface area is 216 Å². The largest absolute Gasteiger partial charge is 0.348 e. The second kappa shape index (κ2) is 15.4. The van der Waals surface area contributed by atoms with Crippen LogP contribution in [0.1, 0.15) is 73.6 Å². The van der Waals surface area contributed by atoms with Crippen molar-refractivity contribution in [1.82, 2.24) is 16.0 Å². The number of amides is 3. The zero-order valence-corrected chi connectivity index (χ0v) is 23.2. The lowest BCUT2D eigenvalue weighted by Gasteiger charge is -2.26. The van der Waals surface area contributed by atoms with Gasteiger partial charge in [-0.1, -0.05) is 71.7 Å². The van der Waals surface area contributed by atoms with E-state index in [2.05, 4.69) is 16.0 Å². The van der Waals surface area contributed by atoms with E-state index in [1.54, 1.807) is 18.2 Å². The molecule has 0 spiro atoms. The van der Waals surface area contributed by atoms with Crippen LogP contribution in [0.5, 0.6) is 0 Å². The highest BCUT2D eigenvalue weighted by atomic mass is 32.2. The summed E-state index contributed by atoms with van der Waals surface area (Å²) in [5.74, 6) is -0.823. The highest BCUT2D eigenvalue weighted by molar-refractivity contribution is 7.94. The number of unbranched alkanes of at least 4 members (excludes halogenated alkanes) is 1. The summed E-state index contributed by atoms with van der Waals surface area (Å²) in [6.45, 7) is 11.2. The maximum Gasteiger partial charge on any atom is 0.243 e. The molecule has 3 atom stereocenters. The topological polar surface area (TPSA) is 121 Å². The van der Waals surface area contributed by atoms with Gasteiger partial charge in [-0.05, 0) is 43.2 Å². The van der Waals surface area contributed by atoms with Crippen LogP contribution < -0.4 is 16.0 Å². The summed E-state index contributed by atoms with van der Waals surface area (Å²) >= 11 is 0. The molecule has 36 heavy (non-hydrogen) atoms. The van der Waals surface area contributed by atoms with E-state index in [1.165, 1.54) is 25.1 Å². The fourth-order valence-corrected chi connectivity index (χ4v) is 4.82. The van der Waals surface area contributed by atoms with Gasteiger partial charge < -0.3 is 16.0 Å². The Morgan fingerprint density at radius 3 is 1.89 bits per heavy atom. The standard InChI is InChI=1S/C27H43N3O5S/c1-7-8-12-22(15-16-36(34,35)23-13-10-9-11-14-23)29-26(32)25(18-20(4)5)30-27(33)24(17-19(2)3)28-21(6)31/h9-11,13-16,19-20,22,24-25H,7-8,12,17-18H2,1-6H3,(H,28,31)(H,29,32)(H,30,33)/b16-15+/t22-,24?,25?/m0/s1. The van der Waals surface area contributed by atoms with Gasteiger partial charge in [-0.25, -0.2) is 8.42 Å². The lowest BCUT2D eigenvalue weighted by molar-refractivity contribution is -0.132. The van der Waals surface area contributed by atoms with E-state index in [9.17, 15) is 22.8 Å². The lowest BCUT2D eigenvalue weighted by Crippen LogP contribution is -2.55. The average Bonchev–Trinajstić information content (AvgIpc) is 2.79. The van der Waals surface area contributed by atoms with E-state index in [0.717, 1.165) is 18.2 Å². The summed E-state index contributed by atoms with van der Waals surface area (Å²) in [5.41, 5.74) is 0. The van der Waals surface area contributed by atoms with Gasteiger partial charge in [0.15, 0.2) is 9.84 Å². The Morgan fingerprint density at radius 2 is 1.39 bits per heavy atom. The zero-order valence-electron chi connectivity index (χ0n) is 22.4. The Balaban J connectivity index is 3.07. The van der Waals surface area contributed by atoms with Gasteiger partial charge in [-0.2, -0.15) is 0 Å². The lowest BCUT2D eigenvalue weighted by atomic mass is 9.99. The smallest absolute Gasteiger partial charge is 0.243 e. The summed E-state index contributed by atoms with van der Waals surface area (Å²) in [6, 6.07) is 6.04. The predicted octanol–water partition coefficient (Wildman–Crippen LogP) is 3.73. The molecule has 2 unspecified atom stereocenters. The Hall–Kier alpha value is -2.68. The van der Waals surface area contributed by atoms with Crippen molar-refractivity contribution in [3.05, 3.63) is 41.8 Å². The number of benzene rings is 1. The van der Waals surface area contributed by atoms with Gasteiger partial charge in [0.25, 0.3) is 0 Å². The first kappa shape index (κ1) is 31.4. The number of nitrogens with one attached hydrogen (secondary N) is 3. The van der Waals surface area contributed by atoms with Gasteiger partial charge >= 0.3 is 0 Å². The van der Waals surface area contributed by atoms with E-state index in [-0.39, 0.29) is 28.5 Å². The zero-order chi connectivity index (χ0) is 27.3. The molecule has 0 aliphatic heterocycles. The molecule has 0 bridgehead atoms. The molecule has 9 heteroatoms. The summed E-state index contributed by atoms with van der Waals surface area (Å²) < 4.78 is 25.4. The molecular formula is C27H43N3O5S. The second-order valence-electron chi connectivity index (χ2n) is 10.0. The normalized spacial score (nSPS) is 14.4. The van der Waals surface area contributed by atoms with Crippen LogP contribution in [0.2, 0.25) is 0 Å². The minimum absolute atomic E-state index is 0.119. The first-order chi connectivity index (χ1) is 16.9. The number of rotatable bonds is 15. The van der Waals surface area contributed by atoms with Crippen LogP contribution in [0.15, 0.2) is 46.7 Å². The average molecular weight is 522 g/mol. The van der Waals surface area contributed by atoms with Crippen molar-refractivity contribution in [2.75, 3.05) is 0 Å². The molecule has 0 aromatic heterocycles. The third-order valence-electron chi connectivity index (χ3n) is 5.50. The molecule has 0 aliphatic carbocycles. The van der Waals surface area contributed by atoms with Gasteiger partial charge in [-0.15, -0.1) is 0 Å². The van der Waals surface area contributed by atoms with Crippen molar-refractivity contribution in [2.24, 2.45) is 11.8 Å². The quantitative estimate of drug-likeness (QED) is 0.325. The molecular weight excluding hydrogens is 478 g/mol. The van der Waals surface area contributed by atoms with E-state index >= 15 is 0 Å². The SMILES string of the molecule is CCCC[C@@H](/C=C/S(=O)(=O)c1ccccc1)NC(=O)C(CC(C)C)NC(=O)C(CC(C)C)NC(C)=O. The highest BCUT2D eigenvalue weighted by Gasteiger charge is 2.28. The monoisotopic (exact) mass is 521 g/mol. The summed E-state index contributed by atoms with van der Waals surface area (Å²) in [5, 5.41) is 9.53. The fraction of sp³-hybridized carbons (Fsp3) is 0.593. The molecule has 0 aliphatic rings. The Kier molecular flexibility index (Phi) is 13.4. The van der Waals surface area contributed by atoms with Crippen LogP contribution in [0, 0.1) is 11.8 Å². The molecule has 1 aromatic carbocycles. The summed E-state index contributed by atoms with van der Waals surface area (Å²) in [7, 11) is -3.65. The van der Waals surface area contributed by atoms with Crippen LogP contribution in [0.4, 0.5) is 0 Å². The second-order valence-corrected chi connectivity index (χ2v) is 11.9. The maximum absolute atomic E-state index is 13.3. The van der Waals surface area contributed by atoms with Gasteiger partial charge in [0.1, 0.15) is 12.1 Å². The first-order valence-electron chi connectivity index (χ1n) is 12.7. The number of sulfone groups is 1. The van der Waals surface area contributed by atoms with Crippen LogP contribution in [-0.2, 0) is 24.2 Å². The number of hydrogen-bond acceptors (Lipinski definition) is 5.